The van der Waals surface area contributed by atoms with Crippen LogP contribution in [0.2, 0.25) is 0 Å². The van der Waals surface area contributed by atoms with Crippen molar-refractivity contribution < 1.29 is 0 Å². The van der Waals surface area contributed by atoms with Crippen molar-refractivity contribution in [2.45, 2.75) is 53.0 Å². The molecule has 0 unspecified atom stereocenters. The van der Waals surface area contributed by atoms with Gasteiger partial charge in [-0.05, 0) is 69.7 Å². The molecule has 24 heavy (non-hydrogen) atoms. The Morgan fingerprint density at radius 2 is 1.67 bits per heavy atom. The first-order chi connectivity index (χ1) is 11.7. The minimum atomic E-state index is 0.759. The topological polar surface area (TPSA) is 29.0 Å². The molecule has 1 fully saturated rings. The summed E-state index contributed by atoms with van der Waals surface area (Å²) in [6.45, 7) is 9.87. The Bertz CT molecular complexity index is 658. The number of aryl methyl sites for hydroxylation is 2. The molecule has 0 N–H and O–H groups in total. The Hall–Kier alpha value is -1.74. The highest BCUT2D eigenvalue weighted by molar-refractivity contribution is 5.25. The molecule has 3 rings (SSSR count). The molecule has 1 saturated heterocycles. The SMILES string of the molecule is CCc1nc(C)nc(CC2CCN(Cc3ccccc3)CC2)c1C. The summed E-state index contributed by atoms with van der Waals surface area (Å²) >= 11 is 0. The van der Waals surface area contributed by atoms with E-state index in [2.05, 4.69) is 54.1 Å². The van der Waals surface area contributed by atoms with Gasteiger partial charge in [0.2, 0.25) is 0 Å². The second-order valence-electron chi connectivity index (χ2n) is 7.05. The van der Waals surface area contributed by atoms with Gasteiger partial charge in [-0.25, -0.2) is 9.97 Å². The smallest absolute Gasteiger partial charge is 0.125 e. The largest absolute Gasteiger partial charge is 0.299 e. The molecule has 2 heterocycles. The van der Waals surface area contributed by atoms with Crippen LogP contribution in [0.25, 0.3) is 0 Å². The average molecular weight is 323 g/mol. The van der Waals surface area contributed by atoms with Gasteiger partial charge < -0.3 is 0 Å². The zero-order chi connectivity index (χ0) is 16.9. The molecule has 128 valence electrons. The normalized spacial score (nSPS) is 16.5. The first-order valence-electron chi connectivity index (χ1n) is 9.25. The van der Waals surface area contributed by atoms with E-state index in [9.17, 15) is 0 Å². The fourth-order valence-electron chi connectivity index (χ4n) is 3.76. The summed E-state index contributed by atoms with van der Waals surface area (Å²) in [4.78, 5) is 11.9. The third-order valence-corrected chi connectivity index (χ3v) is 5.23. The van der Waals surface area contributed by atoms with Gasteiger partial charge in [0.1, 0.15) is 5.82 Å². The Kier molecular flexibility index (Phi) is 5.62. The van der Waals surface area contributed by atoms with Crippen LogP contribution in [0.4, 0.5) is 0 Å². The third kappa shape index (κ3) is 4.21. The standard InChI is InChI=1S/C21H29N3/c1-4-20-16(2)21(23-17(3)22-20)14-18-10-12-24(13-11-18)15-19-8-6-5-7-9-19/h5-9,18H,4,10-15H2,1-3H3. The van der Waals surface area contributed by atoms with E-state index >= 15 is 0 Å². The van der Waals surface area contributed by atoms with Crippen LogP contribution >= 0.6 is 0 Å². The van der Waals surface area contributed by atoms with E-state index in [1.807, 2.05) is 6.92 Å². The minimum Gasteiger partial charge on any atom is -0.299 e. The van der Waals surface area contributed by atoms with Gasteiger partial charge in [-0.3, -0.25) is 4.90 Å². The number of likely N-dealkylation sites (tertiary alicyclic amines) is 1. The molecule has 3 nitrogen and oxygen atoms in total. The molecule has 0 atom stereocenters. The predicted octanol–water partition coefficient (Wildman–Crippen LogP) is 4.11. The lowest BCUT2D eigenvalue weighted by molar-refractivity contribution is 0.176. The highest BCUT2D eigenvalue weighted by Crippen LogP contribution is 2.24. The number of piperidine rings is 1. The molecule has 2 aromatic rings. The molecular formula is C21H29N3. The number of nitrogens with zero attached hydrogens (tertiary/aromatic N) is 3. The minimum absolute atomic E-state index is 0.759. The van der Waals surface area contributed by atoms with Crippen molar-refractivity contribution in [2.24, 2.45) is 5.92 Å². The van der Waals surface area contributed by atoms with Crippen LogP contribution in [0, 0.1) is 19.8 Å². The van der Waals surface area contributed by atoms with Crippen molar-refractivity contribution in [3.05, 3.63) is 58.7 Å². The molecule has 3 heteroatoms. The van der Waals surface area contributed by atoms with Crippen LogP contribution in [-0.2, 0) is 19.4 Å². The molecule has 0 saturated carbocycles. The van der Waals surface area contributed by atoms with Crippen LogP contribution in [0.5, 0.6) is 0 Å². The summed E-state index contributed by atoms with van der Waals surface area (Å²) in [5.74, 6) is 1.68. The van der Waals surface area contributed by atoms with Crippen molar-refractivity contribution in [2.75, 3.05) is 13.1 Å². The number of hydrogen-bond donors (Lipinski definition) is 0. The molecule has 1 aliphatic heterocycles. The first kappa shape index (κ1) is 17.1. The summed E-state index contributed by atoms with van der Waals surface area (Å²) in [6.07, 6.45) is 4.66. The monoisotopic (exact) mass is 323 g/mol. The quantitative estimate of drug-likeness (QED) is 0.829. The Labute approximate surface area is 146 Å². The van der Waals surface area contributed by atoms with Crippen LogP contribution in [0.15, 0.2) is 30.3 Å². The molecular weight excluding hydrogens is 294 g/mol. The molecule has 1 aliphatic rings. The number of aromatic nitrogens is 2. The van der Waals surface area contributed by atoms with Gasteiger partial charge >= 0.3 is 0 Å². The van der Waals surface area contributed by atoms with Gasteiger partial charge in [-0.2, -0.15) is 0 Å². The molecule has 0 aliphatic carbocycles. The van der Waals surface area contributed by atoms with Crippen LogP contribution in [0.3, 0.4) is 0 Å². The molecule has 1 aromatic heterocycles. The highest BCUT2D eigenvalue weighted by atomic mass is 15.1. The second kappa shape index (κ2) is 7.89. The fraction of sp³-hybridized carbons (Fsp3) is 0.524. The van der Waals surface area contributed by atoms with Crippen molar-refractivity contribution in [1.29, 1.82) is 0 Å². The molecule has 0 bridgehead atoms. The van der Waals surface area contributed by atoms with E-state index in [0.29, 0.717) is 0 Å². The second-order valence-corrected chi connectivity index (χ2v) is 7.05. The van der Waals surface area contributed by atoms with Crippen LogP contribution < -0.4 is 0 Å². The lowest BCUT2D eigenvalue weighted by Gasteiger charge is -2.32. The number of benzene rings is 1. The summed E-state index contributed by atoms with van der Waals surface area (Å²) in [5.41, 5.74) is 5.24. The fourth-order valence-corrected chi connectivity index (χ4v) is 3.76. The van der Waals surface area contributed by atoms with E-state index in [1.165, 1.54) is 48.4 Å². The molecule has 0 spiro atoms. The Morgan fingerprint density at radius 1 is 1.00 bits per heavy atom. The maximum Gasteiger partial charge on any atom is 0.125 e. The molecule has 0 radical (unpaired) electrons. The van der Waals surface area contributed by atoms with Crippen molar-refractivity contribution in [1.82, 2.24) is 14.9 Å². The molecule has 1 aromatic carbocycles. The van der Waals surface area contributed by atoms with Gasteiger partial charge in [-0.1, -0.05) is 37.3 Å². The highest BCUT2D eigenvalue weighted by Gasteiger charge is 2.21. The summed E-state index contributed by atoms with van der Waals surface area (Å²) in [5, 5.41) is 0. The van der Waals surface area contributed by atoms with E-state index < -0.39 is 0 Å². The maximum atomic E-state index is 4.74. The predicted molar refractivity (Wildman–Crippen MR) is 99.0 cm³/mol. The lowest BCUT2D eigenvalue weighted by Crippen LogP contribution is -2.34. The molecule has 0 amide bonds. The van der Waals surface area contributed by atoms with Gasteiger partial charge in [0.15, 0.2) is 0 Å². The average Bonchev–Trinajstić information content (AvgIpc) is 2.60. The van der Waals surface area contributed by atoms with Gasteiger partial charge in [-0.15, -0.1) is 0 Å². The van der Waals surface area contributed by atoms with E-state index in [4.69, 9.17) is 4.98 Å². The van der Waals surface area contributed by atoms with E-state index in [-0.39, 0.29) is 0 Å². The van der Waals surface area contributed by atoms with E-state index in [0.717, 1.165) is 31.1 Å². The van der Waals surface area contributed by atoms with Gasteiger partial charge in [0.05, 0.1) is 0 Å². The van der Waals surface area contributed by atoms with Gasteiger partial charge in [0, 0.05) is 17.9 Å². The van der Waals surface area contributed by atoms with Gasteiger partial charge in [0.25, 0.3) is 0 Å². The first-order valence-corrected chi connectivity index (χ1v) is 9.25. The summed E-state index contributed by atoms with van der Waals surface area (Å²) < 4.78 is 0. The van der Waals surface area contributed by atoms with Crippen molar-refractivity contribution >= 4 is 0 Å². The number of rotatable bonds is 5. The van der Waals surface area contributed by atoms with Crippen molar-refractivity contribution in [3.8, 4) is 0 Å². The van der Waals surface area contributed by atoms with Crippen molar-refractivity contribution in [3.63, 3.8) is 0 Å². The zero-order valence-electron chi connectivity index (χ0n) is 15.3. The third-order valence-electron chi connectivity index (χ3n) is 5.23. The zero-order valence-corrected chi connectivity index (χ0v) is 15.3. The van der Waals surface area contributed by atoms with E-state index in [1.54, 1.807) is 0 Å². The van der Waals surface area contributed by atoms with Crippen LogP contribution in [0.1, 0.15) is 48.1 Å². The summed E-state index contributed by atoms with van der Waals surface area (Å²) in [7, 11) is 0. The maximum absolute atomic E-state index is 4.74. The Balaban J connectivity index is 1.57. The Morgan fingerprint density at radius 3 is 2.33 bits per heavy atom. The number of hydrogen-bond acceptors (Lipinski definition) is 3. The lowest BCUT2D eigenvalue weighted by atomic mass is 9.90. The summed E-state index contributed by atoms with van der Waals surface area (Å²) in [6, 6.07) is 10.8. The van der Waals surface area contributed by atoms with Crippen LogP contribution in [-0.4, -0.2) is 28.0 Å².